The molecule has 0 bridgehead atoms. The summed E-state index contributed by atoms with van der Waals surface area (Å²) < 4.78 is 12.3. The molecule has 0 unspecified atom stereocenters. The zero-order valence-electron chi connectivity index (χ0n) is 16.5. The van der Waals surface area contributed by atoms with E-state index in [4.69, 9.17) is 4.98 Å². The first-order chi connectivity index (χ1) is 14.1. The van der Waals surface area contributed by atoms with Crippen LogP contribution in [0.3, 0.4) is 0 Å². The fourth-order valence-electron chi connectivity index (χ4n) is 3.78. The molecule has 0 atom stereocenters. The van der Waals surface area contributed by atoms with Crippen LogP contribution in [0, 0.1) is 12.8 Å². The molecule has 0 aliphatic carbocycles. The Hall–Kier alpha value is -2.48. The number of hydrogen-bond donors (Lipinski definition) is 0. The van der Waals surface area contributed by atoms with Crippen LogP contribution in [0.1, 0.15) is 36.4 Å². The maximum Gasteiger partial charge on any atom is 0.228 e. The molecule has 3 aromatic heterocycles. The minimum Gasteiger partial charge on any atom is -0.342 e. The zero-order chi connectivity index (χ0) is 20.2. The van der Waals surface area contributed by atoms with Crippen molar-refractivity contribution < 1.29 is 9.18 Å². The average Bonchev–Trinajstić information content (AvgIpc) is 3.18. The summed E-state index contributed by atoms with van der Waals surface area (Å²) in [6, 6.07) is 5.77. The van der Waals surface area contributed by atoms with E-state index in [0.717, 1.165) is 64.7 Å². The Balaban J connectivity index is 1.43. The van der Waals surface area contributed by atoms with E-state index in [9.17, 15) is 9.18 Å². The molecule has 1 aliphatic rings. The molecule has 0 saturated carbocycles. The van der Waals surface area contributed by atoms with Gasteiger partial charge in [0.25, 0.3) is 0 Å². The molecule has 4 heterocycles. The molecule has 0 spiro atoms. The minimum atomic E-state index is -0.249. The molecule has 1 aliphatic heterocycles. The van der Waals surface area contributed by atoms with Crippen LogP contribution >= 0.6 is 11.3 Å². The van der Waals surface area contributed by atoms with Gasteiger partial charge < -0.3 is 4.90 Å². The Kier molecular flexibility index (Phi) is 6.08. The van der Waals surface area contributed by atoms with E-state index in [2.05, 4.69) is 15.2 Å². The first-order valence-corrected chi connectivity index (χ1v) is 10.8. The van der Waals surface area contributed by atoms with Gasteiger partial charge in [0.1, 0.15) is 10.7 Å². The molecule has 0 N–H and O–H groups in total. The molecular weight excluding hydrogens is 389 g/mol. The van der Waals surface area contributed by atoms with Crippen LogP contribution in [0.15, 0.2) is 24.4 Å². The van der Waals surface area contributed by atoms with Crippen LogP contribution < -0.4 is 0 Å². The van der Waals surface area contributed by atoms with Gasteiger partial charge in [-0.2, -0.15) is 0 Å². The molecular formula is C21H24FN5OS. The highest BCUT2D eigenvalue weighted by Crippen LogP contribution is 2.25. The third-order valence-corrected chi connectivity index (χ3v) is 6.28. The van der Waals surface area contributed by atoms with Crippen molar-refractivity contribution in [2.45, 2.75) is 39.0 Å². The Morgan fingerprint density at radius 1 is 1.28 bits per heavy atom. The van der Waals surface area contributed by atoms with E-state index in [1.807, 2.05) is 30.0 Å². The first-order valence-electron chi connectivity index (χ1n) is 10.0. The Labute approximate surface area is 173 Å². The lowest BCUT2D eigenvalue weighted by molar-refractivity contribution is -0.131. The van der Waals surface area contributed by atoms with Crippen molar-refractivity contribution in [1.29, 1.82) is 0 Å². The van der Waals surface area contributed by atoms with Crippen LogP contribution in [0.4, 0.5) is 4.39 Å². The predicted molar refractivity (Wildman–Crippen MR) is 111 cm³/mol. The molecule has 1 saturated heterocycles. The Morgan fingerprint density at radius 2 is 2.10 bits per heavy atom. The Bertz CT molecular complexity index is 1000. The predicted octanol–water partition coefficient (Wildman–Crippen LogP) is 3.99. The molecule has 0 radical (unpaired) electrons. The lowest BCUT2D eigenvalue weighted by Gasteiger charge is -2.32. The summed E-state index contributed by atoms with van der Waals surface area (Å²) in [6.45, 7) is 3.17. The summed E-state index contributed by atoms with van der Waals surface area (Å²) in [6.07, 6.45) is 5.52. The van der Waals surface area contributed by atoms with Gasteiger partial charge in [0.2, 0.25) is 5.91 Å². The molecule has 0 aromatic carbocycles. The summed E-state index contributed by atoms with van der Waals surface area (Å²) >= 11 is 1.51. The van der Waals surface area contributed by atoms with Crippen molar-refractivity contribution in [3.05, 3.63) is 35.1 Å². The van der Waals surface area contributed by atoms with Gasteiger partial charge in [-0.15, -0.1) is 10.2 Å². The lowest BCUT2D eigenvalue weighted by Crippen LogP contribution is -2.39. The number of pyridine rings is 2. The van der Waals surface area contributed by atoms with E-state index < -0.39 is 0 Å². The molecule has 1 fully saturated rings. The topological polar surface area (TPSA) is 71.9 Å². The highest BCUT2D eigenvalue weighted by Gasteiger charge is 2.23. The van der Waals surface area contributed by atoms with Crippen LogP contribution in [0.5, 0.6) is 0 Å². The van der Waals surface area contributed by atoms with Crippen molar-refractivity contribution >= 4 is 28.1 Å². The van der Waals surface area contributed by atoms with E-state index in [0.29, 0.717) is 12.3 Å². The highest BCUT2D eigenvalue weighted by atomic mass is 32.1. The number of carbonyl (C=O) groups excluding carboxylic acids is 1. The number of hydrogen-bond acceptors (Lipinski definition) is 6. The number of alkyl halides is 1. The third-order valence-electron chi connectivity index (χ3n) is 5.42. The SMILES string of the molecule is Cc1nnc(-c2ccc3cnc(CC(=O)N4CCC(CCCF)CC4)cc3n2)s1. The van der Waals surface area contributed by atoms with Gasteiger partial charge in [-0.25, -0.2) is 4.98 Å². The van der Waals surface area contributed by atoms with Crippen molar-refractivity contribution in [3.8, 4) is 10.7 Å². The standard InChI is InChI=1S/C21H24FN5OS/c1-14-25-26-21(29-14)18-5-4-16-13-23-17(11-19(16)24-18)12-20(28)27-9-6-15(7-10-27)3-2-8-22/h4-5,11,13,15H,2-3,6-10,12H2,1H3. The fraction of sp³-hybridized carbons (Fsp3) is 0.476. The second-order valence-corrected chi connectivity index (χ2v) is 8.70. The quantitative estimate of drug-likeness (QED) is 0.611. The molecule has 29 heavy (non-hydrogen) atoms. The number of likely N-dealkylation sites (tertiary alicyclic amines) is 1. The maximum absolute atomic E-state index is 12.7. The number of piperidine rings is 1. The number of halogens is 1. The first kappa shape index (κ1) is 19.8. The van der Waals surface area contributed by atoms with Gasteiger partial charge in [0.05, 0.1) is 24.3 Å². The third kappa shape index (κ3) is 4.75. The minimum absolute atomic E-state index is 0.0942. The van der Waals surface area contributed by atoms with Gasteiger partial charge in [0.15, 0.2) is 5.01 Å². The van der Waals surface area contributed by atoms with Gasteiger partial charge in [-0.3, -0.25) is 14.2 Å². The number of rotatable bonds is 6. The molecule has 4 rings (SSSR count). The van der Waals surface area contributed by atoms with Crippen LogP contribution in [0.2, 0.25) is 0 Å². The lowest BCUT2D eigenvalue weighted by atomic mass is 9.92. The zero-order valence-corrected chi connectivity index (χ0v) is 17.3. The van der Waals surface area contributed by atoms with E-state index in [1.165, 1.54) is 11.3 Å². The van der Waals surface area contributed by atoms with Gasteiger partial charge in [-0.1, -0.05) is 11.3 Å². The van der Waals surface area contributed by atoms with Gasteiger partial charge in [-0.05, 0) is 56.7 Å². The monoisotopic (exact) mass is 413 g/mol. The maximum atomic E-state index is 12.7. The number of nitrogens with zero attached hydrogens (tertiary/aromatic N) is 5. The van der Waals surface area contributed by atoms with Crippen molar-refractivity contribution in [1.82, 2.24) is 25.1 Å². The van der Waals surface area contributed by atoms with Crippen molar-refractivity contribution in [2.75, 3.05) is 19.8 Å². The fourth-order valence-corrected chi connectivity index (χ4v) is 4.44. The number of amides is 1. The smallest absolute Gasteiger partial charge is 0.228 e. The number of fused-ring (bicyclic) bond motifs is 1. The van der Waals surface area contributed by atoms with E-state index in [-0.39, 0.29) is 19.0 Å². The van der Waals surface area contributed by atoms with Gasteiger partial charge in [0, 0.05) is 24.7 Å². The number of aryl methyl sites for hydroxylation is 1. The normalized spacial score (nSPS) is 15.2. The highest BCUT2D eigenvalue weighted by molar-refractivity contribution is 7.14. The summed E-state index contributed by atoms with van der Waals surface area (Å²) in [5.74, 6) is 0.636. The van der Waals surface area contributed by atoms with Crippen molar-refractivity contribution in [2.24, 2.45) is 5.92 Å². The van der Waals surface area contributed by atoms with Gasteiger partial charge >= 0.3 is 0 Å². The summed E-state index contributed by atoms with van der Waals surface area (Å²) in [5.41, 5.74) is 2.31. The van der Waals surface area contributed by atoms with E-state index in [1.54, 1.807) is 6.20 Å². The number of carbonyl (C=O) groups is 1. The largest absolute Gasteiger partial charge is 0.342 e. The number of aromatic nitrogens is 4. The molecule has 6 nitrogen and oxygen atoms in total. The average molecular weight is 414 g/mol. The summed E-state index contributed by atoms with van der Waals surface area (Å²) in [7, 11) is 0. The molecule has 152 valence electrons. The Morgan fingerprint density at radius 3 is 2.83 bits per heavy atom. The second kappa shape index (κ2) is 8.90. The van der Waals surface area contributed by atoms with E-state index >= 15 is 0 Å². The summed E-state index contributed by atoms with van der Waals surface area (Å²) in [4.78, 5) is 23.8. The molecule has 3 aromatic rings. The summed E-state index contributed by atoms with van der Waals surface area (Å²) in [5, 5.41) is 10.8. The van der Waals surface area contributed by atoms with Crippen LogP contribution in [0.25, 0.3) is 21.6 Å². The van der Waals surface area contributed by atoms with Crippen LogP contribution in [-0.4, -0.2) is 50.7 Å². The molecule has 1 amide bonds. The second-order valence-electron chi connectivity index (χ2n) is 7.52. The van der Waals surface area contributed by atoms with Crippen LogP contribution in [-0.2, 0) is 11.2 Å². The van der Waals surface area contributed by atoms with Crippen molar-refractivity contribution in [3.63, 3.8) is 0 Å². The molecule has 8 heteroatoms.